The summed E-state index contributed by atoms with van der Waals surface area (Å²) in [6, 6.07) is 0. The Labute approximate surface area is 47.6 Å². The van der Waals surface area contributed by atoms with E-state index in [1.165, 1.54) is 0 Å². The van der Waals surface area contributed by atoms with Gasteiger partial charge in [-0.1, -0.05) is 4.57 Å². The van der Waals surface area contributed by atoms with Gasteiger partial charge in [0.15, 0.2) is 12.3 Å². The highest BCUT2D eigenvalue weighted by Crippen LogP contribution is 2.09. The molecule has 0 amide bonds. The van der Waals surface area contributed by atoms with E-state index in [-0.39, 0.29) is 6.54 Å². The average molecular weight is 139 g/mol. The van der Waals surface area contributed by atoms with Crippen LogP contribution in [0.2, 0.25) is 0 Å². The third kappa shape index (κ3) is 4.12. The van der Waals surface area contributed by atoms with Gasteiger partial charge in [-0.3, -0.25) is 0 Å². The highest BCUT2D eigenvalue weighted by Gasteiger charge is 2.11. The number of hydrogen-bond acceptors (Lipinski definition) is 3. The Morgan fingerprint density at radius 2 is 2.38 bits per heavy atom. The Bertz CT molecular complexity index is 89.4. The average Bonchev–Trinajstić information content (AvgIpc) is 1.65. The van der Waals surface area contributed by atoms with Gasteiger partial charge in [0.2, 0.25) is 0 Å². The zero-order valence-corrected chi connectivity index (χ0v) is 5.11. The molecule has 2 atom stereocenters. The van der Waals surface area contributed by atoms with Gasteiger partial charge >= 0.3 is 8.03 Å². The Kier molecular flexibility index (Phi) is 3.87. The molecule has 0 heterocycles. The van der Waals surface area contributed by atoms with Crippen molar-refractivity contribution in [3.05, 3.63) is 0 Å². The van der Waals surface area contributed by atoms with Gasteiger partial charge in [-0.2, -0.15) is 0 Å². The largest absolute Gasteiger partial charge is 0.595 e. The van der Waals surface area contributed by atoms with Crippen molar-refractivity contribution >= 4 is 8.03 Å². The first-order chi connectivity index (χ1) is 3.66. The van der Waals surface area contributed by atoms with Crippen LogP contribution in [0.5, 0.6) is 0 Å². The fraction of sp³-hybridized carbons (Fsp3) is 1.00. The summed E-state index contributed by atoms with van der Waals surface area (Å²) >= 11 is 0. The predicted octanol–water partition coefficient (Wildman–Crippen LogP) is -0.614. The van der Waals surface area contributed by atoms with E-state index < -0.39 is 20.4 Å². The van der Waals surface area contributed by atoms with E-state index in [0.29, 0.717) is 0 Å². The van der Waals surface area contributed by atoms with Crippen LogP contribution in [0.3, 0.4) is 0 Å². The van der Waals surface area contributed by atoms with Crippen molar-refractivity contribution < 1.29 is 13.8 Å². The Morgan fingerprint density at radius 3 is 2.50 bits per heavy atom. The summed E-state index contributed by atoms with van der Waals surface area (Å²) in [6.45, 7) is -0.219. The quantitative estimate of drug-likeness (QED) is 0.530. The molecule has 2 N–H and O–H groups in total. The Balaban J connectivity index is 3.24. The minimum atomic E-state index is -2.60. The molecule has 0 aromatic rings. The monoisotopic (exact) mass is 139 g/mol. The summed E-state index contributed by atoms with van der Waals surface area (Å²) in [5.41, 5.74) is 4.78. The van der Waals surface area contributed by atoms with E-state index in [9.17, 15) is 13.8 Å². The van der Waals surface area contributed by atoms with Crippen molar-refractivity contribution in [3.63, 3.8) is 0 Å². The van der Waals surface area contributed by atoms with Crippen molar-refractivity contribution in [3.8, 4) is 0 Å². The van der Waals surface area contributed by atoms with Crippen LogP contribution in [0, 0.1) is 0 Å². The second-order valence-electron chi connectivity index (χ2n) is 1.35. The van der Waals surface area contributed by atoms with E-state index in [2.05, 4.69) is 0 Å². The van der Waals surface area contributed by atoms with Gasteiger partial charge in [-0.25, -0.2) is 4.39 Å². The molecule has 48 valence electrons. The Morgan fingerprint density at radius 1 is 1.88 bits per heavy atom. The summed E-state index contributed by atoms with van der Waals surface area (Å²) in [4.78, 5) is 9.71. The van der Waals surface area contributed by atoms with E-state index in [1.54, 1.807) is 0 Å². The maximum absolute atomic E-state index is 11.9. The van der Waals surface area contributed by atoms with Crippen LogP contribution in [0.15, 0.2) is 0 Å². The molecule has 0 bridgehead atoms. The predicted molar refractivity (Wildman–Crippen MR) is 26.4 cm³/mol. The molecule has 3 nitrogen and oxygen atoms in total. The van der Waals surface area contributed by atoms with Gasteiger partial charge < -0.3 is 10.6 Å². The lowest BCUT2D eigenvalue weighted by Gasteiger charge is -1.94. The van der Waals surface area contributed by atoms with Crippen molar-refractivity contribution in [1.29, 1.82) is 0 Å². The molecule has 0 fully saturated rings. The fourth-order valence-corrected chi connectivity index (χ4v) is 0.709. The van der Waals surface area contributed by atoms with Gasteiger partial charge in [0.05, 0.1) is 0 Å². The molecule has 0 aromatic heterocycles. The maximum Gasteiger partial charge on any atom is 0.311 e. The molecule has 0 saturated carbocycles. The van der Waals surface area contributed by atoms with E-state index in [1.807, 2.05) is 0 Å². The van der Waals surface area contributed by atoms with Crippen LogP contribution >= 0.6 is 8.03 Å². The number of nitrogens with two attached hydrogens (primary N) is 1. The lowest BCUT2D eigenvalue weighted by Crippen LogP contribution is -2.18. The van der Waals surface area contributed by atoms with Crippen LogP contribution in [0.1, 0.15) is 0 Å². The summed E-state index contributed by atoms with van der Waals surface area (Å²) in [6.07, 6.45) is -1.85. The van der Waals surface area contributed by atoms with Gasteiger partial charge in [0.1, 0.15) is 0 Å². The molecule has 5 heteroatoms. The molecule has 0 aliphatic carbocycles. The zero-order valence-electron chi connectivity index (χ0n) is 4.21. The number of alkyl halides is 1. The second kappa shape index (κ2) is 3.89. The molecule has 8 heavy (non-hydrogen) atoms. The van der Waals surface area contributed by atoms with Gasteiger partial charge in [-0.05, 0) is 0 Å². The van der Waals surface area contributed by atoms with Crippen LogP contribution in [-0.4, -0.2) is 18.9 Å². The van der Waals surface area contributed by atoms with Crippen molar-refractivity contribution in [2.24, 2.45) is 5.73 Å². The molecule has 0 aromatic carbocycles. The van der Waals surface area contributed by atoms with E-state index >= 15 is 0 Å². The highest BCUT2D eigenvalue weighted by molar-refractivity contribution is 7.36. The fourth-order valence-electron chi connectivity index (χ4n) is 0.236. The molecule has 1 unspecified atom stereocenters. The maximum atomic E-state index is 11.9. The van der Waals surface area contributed by atoms with Crippen LogP contribution in [-0.2, 0) is 4.57 Å². The molecule has 0 radical (unpaired) electrons. The minimum Gasteiger partial charge on any atom is -0.595 e. The minimum absolute atomic E-state index is 0.219. The van der Waals surface area contributed by atoms with Crippen LogP contribution < -0.4 is 10.6 Å². The SMILES string of the molecule is NC[C@@H](F)C[P+](=O)[O-]. The van der Waals surface area contributed by atoms with Crippen molar-refractivity contribution in [2.45, 2.75) is 6.17 Å². The second-order valence-corrected chi connectivity index (χ2v) is 2.38. The lowest BCUT2D eigenvalue weighted by atomic mass is 10.5. The van der Waals surface area contributed by atoms with E-state index in [4.69, 9.17) is 5.73 Å². The number of rotatable bonds is 3. The van der Waals surface area contributed by atoms with Gasteiger partial charge in [-0.15, -0.1) is 0 Å². The number of halogens is 1. The Hall–Kier alpha value is -0.0500. The smallest absolute Gasteiger partial charge is 0.311 e. The number of hydrogen-bond donors (Lipinski definition) is 1. The van der Waals surface area contributed by atoms with Crippen LogP contribution in [0.25, 0.3) is 0 Å². The molecule has 0 saturated heterocycles. The first kappa shape index (κ1) is 7.95. The summed E-state index contributed by atoms with van der Waals surface area (Å²) < 4.78 is 21.6. The van der Waals surface area contributed by atoms with Gasteiger partial charge in [0.25, 0.3) is 0 Å². The molecule has 0 spiro atoms. The van der Waals surface area contributed by atoms with E-state index in [0.717, 1.165) is 0 Å². The first-order valence-electron chi connectivity index (χ1n) is 2.12. The van der Waals surface area contributed by atoms with Crippen molar-refractivity contribution in [2.75, 3.05) is 12.7 Å². The molecule has 0 rings (SSSR count). The molecular formula is C3H7FNO2P. The summed E-state index contributed by atoms with van der Waals surface area (Å²) in [5.74, 6) is 0. The molecule has 0 aliphatic rings. The molecular weight excluding hydrogens is 132 g/mol. The van der Waals surface area contributed by atoms with Crippen LogP contribution in [0.4, 0.5) is 4.39 Å². The summed E-state index contributed by atoms with van der Waals surface area (Å²) in [5, 5.41) is 0. The zero-order chi connectivity index (χ0) is 6.57. The topological polar surface area (TPSA) is 66.2 Å². The summed E-state index contributed by atoms with van der Waals surface area (Å²) in [7, 11) is -2.60. The normalized spacial score (nSPS) is 15.6. The third-order valence-electron chi connectivity index (χ3n) is 0.603. The van der Waals surface area contributed by atoms with Crippen molar-refractivity contribution in [1.82, 2.24) is 0 Å². The van der Waals surface area contributed by atoms with Gasteiger partial charge in [0, 0.05) is 6.54 Å². The standard InChI is InChI=1S/C3H7FNO2P/c4-3(1-5)2-8(6)7/h3H,1-2,5H2/t3-/m1/s1. The first-order valence-corrected chi connectivity index (χ1v) is 3.49. The molecule has 0 aliphatic heterocycles. The highest BCUT2D eigenvalue weighted by atomic mass is 31.1. The third-order valence-corrected chi connectivity index (χ3v) is 1.30. The lowest BCUT2D eigenvalue weighted by molar-refractivity contribution is -0.164.